The summed E-state index contributed by atoms with van der Waals surface area (Å²) in [5, 5.41) is 15.4. The van der Waals surface area contributed by atoms with E-state index in [1.807, 2.05) is 0 Å². The summed E-state index contributed by atoms with van der Waals surface area (Å²) in [7, 11) is 1.32. The van der Waals surface area contributed by atoms with Crippen molar-refractivity contribution in [2.24, 2.45) is 0 Å². The number of carbonyl (C=O) groups is 1. The first kappa shape index (κ1) is 13.4. The molecule has 0 fully saturated rings. The van der Waals surface area contributed by atoms with E-state index in [1.165, 1.54) is 17.9 Å². The van der Waals surface area contributed by atoms with Gasteiger partial charge in [0.2, 0.25) is 0 Å². The number of halogens is 3. The normalized spacial score (nSPS) is 12.1. The van der Waals surface area contributed by atoms with Crippen molar-refractivity contribution in [1.82, 2.24) is 19.9 Å². The van der Waals surface area contributed by atoms with Crippen LogP contribution >= 0.6 is 0 Å². The van der Waals surface area contributed by atoms with E-state index in [2.05, 4.69) is 10.3 Å². The van der Waals surface area contributed by atoms with Gasteiger partial charge in [-0.25, -0.2) is 4.79 Å². The van der Waals surface area contributed by atoms with Crippen molar-refractivity contribution in [2.75, 3.05) is 20.1 Å². The molecule has 0 unspecified atom stereocenters. The highest BCUT2D eigenvalue weighted by atomic mass is 19.4. The van der Waals surface area contributed by atoms with Crippen LogP contribution in [0.2, 0.25) is 0 Å². The molecule has 0 bridgehead atoms. The van der Waals surface area contributed by atoms with Crippen LogP contribution in [-0.2, 0) is 6.54 Å². The summed E-state index contributed by atoms with van der Waals surface area (Å²) >= 11 is 0. The van der Waals surface area contributed by atoms with E-state index >= 15 is 0 Å². The molecule has 1 aromatic rings. The van der Waals surface area contributed by atoms with Gasteiger partial charge in [-0.05, 0) is 7.05 Å². The van der Waals surface area contributed by atoms with Crippen LogP contribution in [0.3, 0.4) is 0 Å². The van der Waals surface area contributed by atoms with Gasteiger partial charge in [0, 0.05) is 6.54 Å². The Bertz CT molecular complexity index is 390. The molecule has 0 aliphatic carbocycles. The average molecular weight is 252 g/mol. The molecular weight excluding hydrogens is 241 g/mol. The number of hydrogen-bond donors (Lipinski definition) is 1. The topological polar surface area (TPSA) is 71.2 Å². The van der Waals surface area contributed by atoms with E-state index in [0.29, 0.717) is 0 Å². The SMILES string of the molecule is CN(CCn1cc(C(=O)O)nn1)CC(F)(F)F. The standard InChI is InChI=1S/C8H11F3N4O2/c1-14(5-8(9,10)11)2-3-15-4-6(7(16)17)12-13-15/h4H,2-3,5H2,1H3,(H,16,17). The second-order valence-electron chi connectivity index (χ2n) is 3.52. The third-order valence-corrected chi connectivity index (χ3v) is 1.92. The molecule has 0 spiro atoms. The summed E-state index contributed by atoms with van der Waals surface area (Å²) < 4.78 is 37.2. The third-order valence-electron chi connectivity index (χ3n) is 1.92. The molecule has 0 aliphatic rings. The van der Waals surface area contributed by atoms with Gasteiger partial charge in [0.05, 0.1) is 19.3 Å². The van der Waals surface area contributed by atoms with Gasteiger partial charge in [0.25, 0.3) is 0 Å². The Morgan fingerprint density at radius 2 is 2.24 bits per heavy atom. The van der Waals surface area contributed by atoms with Gasteiger partial charge in [0.15, 0.2) is 5.69 Å². The molecule has 0 saturated heterocycles. The Morgan fingerprint density at radius 1 is 1.59 bits per heavy atom. The van der Waals surface area contributed by atoms with Gasteiger partial charge in [-0.1, -0.05) is 5.21 Å². The summed E-state index contributed by atoms with van der Waals surface area (Å²) in [5.41, 5.74) is -0.233. The lowest BCUT2D eigenvalue weighted by molar-refractivity contribution is -0.143. The number of alkyl halides is 3. The monoisotopic (exact) mass is 252 g/mol. The molecule has 0 saturated carbocycles. The smallest absolute Gasteiger partial charge is 0.401 e. The number of aromatic nitrogens is 3. The largest absolute Gasteiger partial charge is 0.476 e. The van der Waals surface area contributed by atoms with Crippen LogP contribution in [-0.4, -0.2) is 57.3 Å². The van der Waals surface area contributed by atoms with Crippen LogP contribution in [0.5, 0.6) is 0 Å². The lowest BCUT2D eigenvalue weighted by Crippen LogP contribution is -2.33. The Balaban J connectivity index is 2.42. The Hall–Kier alpha value is -1.64. The number of nitrogens with zero attached hydrogens (tertiary/aromatic N) is 4. The van der Waals surface area contributed by atoms with Crippen LogP contribution in [0.1, 0.15) is 10.5 Å². The van der Waals surface area contributed by atoms with Crippen molar-refractivity contribution in [1.29, 1.82) is 0 Å². The van der Waals surface area contributed by atoms with E-state index in [-0.39, 0.29) is 18.8 Å². The fourth-order valence-electron chi connectivity index (χ4n) is 1.16. The maximum absolute atomic E-state index is 12.0. The molecule has 1 rings (SSSR count). The molecule has 96 valence electrons. The van der Waals surface area contributed by atoms with Crippen LogP contribution in [0.15, 0.2) is 6.20 Å². The molecule has 0 aromatic carbocycles. The first-order chi connectivity index (χ1) is 7.78. The Kier molecular flexibility index (Phi) is 4.05. The van der Waals surface area contributed by atoms with Gasteiger partial charge in [-0.2, -0.15) is 13.2 Å². The zero-order valence-electron chi connectivity index (χ0n) is 8.98. The molecule has 1 N–H and O–H groups in total. The van der Waals surface area contributed by atoms with E-state index in [4.69, 9.17) is 5.11 Å². The maximum atomic E-state index is 12.0. The molecule has 0 aliphatic heterocycles. The van der Waals surface area contributed by atoms with E-state index < -0.39 is 18.7 Å². The van der Waals surface area contributed by atoms with Gasteiger partial charge >= 0.3 is 12.1 Å². The first-order valence-electron chi connectivity index (χ1n) is 4.66. The fraction of sp³-hybridized carbons (Fsp3) is 0.625. The predicted octanol–water partition coefficient (Wildman–Crippen LogP) is 0.470. The summed E-state index contributed by atoms with van der Waals surface area (Å²) in [5.74, 6) is -1.22. The third kappa shape index (κ3) is 4.81. The molecule has 0 amide bonds. The van der Waals surface area contributed by atoms with Crippen molar-refractivity contribution in [3.8, 4) is 0 Å². The summed E-state index contributed by atoms with van der Waals surface area (Å²) in [4.78, 5) is 11.5. The Morgan fingerprint density at radius 3 is 2.71 bits per heavy atom. The second-order valence-corrected chi connectivity index (χ2v) is 3.52. The molecule has 6 nitrogen and oxygen atoms in total. The molecule has 1 heterocycles. The summed E-state index contributed by atoms with van der Waals surface area (Å²) in [6.45, 7) is -0.776. The van der Waals surface area contributed by atoms with Crippen molar-refractivity contribution in [3.63, 3.8) is 0 Å². The highest BCUT2D eigenvalue weighted by molar-refractivity contribution is 5.84. The first-order valence-corrected chi connectivity index (χ1v) is 4.66. The molecule has 9 heteroatoms. The zero-order chi connectivity index (χ0) is 13.1. The second kappa shape index (κ2) is 5.13. The minimum atomic E-state index is -4.25. The van der Waals surface area contributed by atoms with Gasteiger partial charge in [-0.15, -0.1) is 5.10 Å². The minimum absolute atomic E-state index is 0.0991. The zero-order valence-corrected chi connectivity index (χ0v) is 8.98. The number of rotatable bonds is 5. The van der Waals surface area contributed by atoms with Crippen LogP contribution in [0.25, 0.3) is 0 Å². The van der Waals surface area contributed by atoms with Gasteiger partial charge in [-0.3, -0.25) is 9.58 Å². The van der Waals surface area contributed by atoms with E-state index in [1.54, 1.807) is 0 Å². The highest BCUT2D eigenvalue weighted by Gasteiger charge is 2.28. The van der Waals surface area contributed by atoms with Gasteiger partial charge in [0.1, 0.15) is 0 Å². The van der Waals surface area contributed by atoms with E-state index in [0.717, 1.165) is 4.90 Å². The van der Waals surface area contributed by atoms with E-state index in [9.17, 15) is 18.0 Å². The number of carboxylic acids is 1. The number of hydrogen-bond acceptors (Lipinski definition) is 4. The summed E-state index contributed by atoms with van der Waals surface area (Å²) in [6, 6.07) is 0. The molecule has 1 aromatic heterocycles. The molecular formula is C8H11F3N4O2. The average Bonchev–Trinajstić information content (AvgIpc) is 2.60. The lowest BCUT2D eigenvalue weighted by atomic mass is 10.4. The number of carboxylic acid groups (broad SMARTS) is 1. The van der Waals surface area contributed by atoms with Crippen LogP contribution < -0.4 is 0 Å². The predicted molar refractivity (Wildman–Crippen MR) is 50.5 cm³/mol. The maximum Gasteiger partial charge on any atom is 0.401 e. The van der Waals surface area contributed by atoms with Gasteiger partial charge < -0.3 is 5.11 Å². The molecule has 0 radical (unpaired) electrons. The van der Waals surface area contributed by atoms with Crippen molar-refractivity contribution in [2.45, 2.75) is 12.7 Å². The van der Waals surface area contributed by atoms with Crippen molar-refractivity contribution < 1.29 is 23.1 Å². The van der Waals surface area contributed by atoms with Crippen LogP contribution in [0, 0.1) is 0 Å². The molecule has 17 heavy (non-hydrogen) atoms. The quantitative estimate of drug-likeness (QED) is 0.824. The van der Waals surface area contributed by atoms with Crippen LogP contribution in [0.4, 0.5) is 13.2 Å². The van der Waals surface area contributed by atoms with Crippen molar-refractivity contribution in [3.05, 3.63) is 11.9 Å². The Labute approximate surface area is 94.6 Å². The minimum Gasteiger partial charge on any atom is -0.476 e. The molecule has 0 atom stereocenters. The fourth-order valence-corrected chi connectivity index (χ4v) is 1.16. The van der Waals surface area contributed by atoms with Crippen molar-refractivity contribution >= 4 is 5.97 Å². The number of aromatic carboxylic acids is 1. The lowest BCUT2D eigenvalue weighted by Gasteiger charge is -2.17. The summed E-state index contributed by atoms with van der Waals surface area (Å²) in [6.07, 6.45) is -3.08. The highest BCUT2D eigenvalue weighted by Crippen LogP contribution is 2.15. The number of likely N-dealkylation sites (N-methyl/N-ethyl adjacent to an activating group) is 1.